The Hall–Kier alpha value is -3.96. The molecular formula is C25H24N4O4. The summed E-state index contributed by atoms with van der Waals surface area (Å²) in [6.45, 7) is 4.58. The predicted octanol–water partition coefficient (Wildman–Crippen LogP) is 2.76. The number of fused-ring (bicyclic) bond motifs is 1. The van der Waals surface area contributed by atoms with E-state index in [2.05, 4.69) is 10.3 Å². The summed E-state index contributed by atoms with van der Waals surface area (Å²) in [6.07, 6.45) is -0.247. The van der Waals surface area contributed by atoms with Gasteiger partial charge in [0.2, 0.25) is 0 Å². The number of benzene rings is 2. The van der Waals surface area contributed by atoms with Crippen LogP contribution in [0.25, 0.3) is 5.70 Å². The number of carbonyl (C=O) groups excluding carboxylic acids is 2. The van der Waals surface area contributed by atoms with Gasteiger partial charge in [0.1, 0.15) is 23.2 Å². The second-order valence-electron chi connectivity index (χ2n) is 7.99. The zero-order valence-electron chi connectivity index (χ0n) is 18.7. The molecule has 1 N–H and O–H groups in total. The highest BCUT2D eigenvalue weighted by molar-refractivity contribution is 6.20. The van der Waals surface area contributed by atoms with Gasteiger partial charge >= 0.3 is 0 Å². The molecule has 2 amide bonds. The summed E-state index contributed by atoms with van der Waals surface area (Å²) in [5.41, 5.74) is 1.91. The van der Waals surface area contributed by atoms with E-state index in [1.165, 1.54) is 0 Å². The highest BCUT2D eigenvalue weighted by atomic mass is 16.5. The van der Waals surface area contributed by atoms with Crippen molar-refractivity contribution in [2.75, 3.05) is 20.2 Å². The van der Waals surface area contributed by atoms with Crippen molar-refractivity contribution in [1.29, 1.82) is 5.26 Å². The van der Waals surface area contributed by atoms with Crippen LogP contribution in [-0.4, -0.2) is 55.0 Å². The summed E-state index contributed by atoms with van der Waals surface area (Å²) in [6, 6.07) is 15.9. The molecule has 2 aliphatic heterocycles. The normalized spacial score (nSPS) is 20.9. The van der Waals surface area contributed by atoms with Gasteiger partial charge in [0, 0.05) is 29.8 Å². The smallest absolute Gasteiger partial charge is 0.266 e. The van der Waals surface area contributed by atoms with E-state index >= 15 is 0 Å². The summed E-state index contributed by atoms with van der Waals surface area (Å²) < 4.78 is 10.8. The number of hydrogen-bond donors (Lipinski definition) is 1. The first-order chi connectivity index (χ1) is 15.9. The molecule has 2 aromatic rings. The zero-order chi connectivity index (χ0) is 23.5. The van der Waals surface area contributed by atoms with Gasteiger partial charge in [-0.15, -0.1) is 0 Å². The molecule has 1 saturated heterocycles. The number of nitrogens with one attached hydrogen (secondary N) is 1. The van der Waals surface area contributed by atoms with E-state index in [0.29, 0.717) is 41.4 Å². The number of carbonyl (C=O) groups is 2. The Balaban J connectivity index is 1.67. The summed E-state index contributed by atoms with van der Waals surface area (Å²) in [7, 11) is 1.55. The fraction of sp³-hybridized carbons (Fsp3) is 0.280. The number of nitrogens with zero attached hydrogens (tertiary/aromatic N) is 3. The molecule has 8 nitrogen and oxygen atoms in total. The minimum atomic E-state index is -0.393. The number of hydrogen-bond acceptors (Lipinski definition) is 6. The van der Waals surface area contributed by atoms with E-state index in [1.807, 2.05) is 26.0 Å². The van der Waals surface area contributed by atoms with Crippen molar-refractivity contribution < 1.29 is 19.1 Å². The number of aliphatic imine (C=N–C) groups is 1. The van der Waals surface area contributed by atoms with Crippen LogP contribution >= 0.6 is 0 Å². The molecule has 0 unspecified atom stereocenters. The number of amides is 2. The maximum Gasteiger partial charge on any atom is 0.266 e. The Labute approximate surface area is 192 Å². The molecule has 0 spiro atoms. The summed E-state index contributed by atoms with van der Waals surface area (Å²) in [5.74, 6) is 0.193. The van der Waals surface area contributed by atoms with Crippen molar-refractivity contribution in [2.24, 2.45) is 4.99 Å². The first-order valence-electron chi connectivity index (χ1n) is 10.6. The van der Waals surface area contributed by atoms with Crippen molar-refractivity contribution >= 4 is 23.3 Å². The molecule has 0 saturated carbocycles. The molecule has 1 fully saturated rings. The Morgan fingerprint density at radius 2 is 1.73 bits per heavy atom. The van der Waals surface area contributed by atoms with Crippen molar-refractivity contribution in [3.05, 3.63) is 70.8 Å². The van der Waals surface area contributed by atoms with Crippen molar-refractivity contribution in [2.45, 2.75) is 26.1 Å². The third kappa shape index (κ3) is 4.49. The zero-order valence-corrected chi connectivity index (χ0v) is 18.7. The van der Waals surface area contributed by atoms with Gasteiger partial charge < -0.3 is 19.7 Å². The lowest BCUT2D eigenvalue weighted by molar-refractivity contribution is -0.138. The largest absolute Gasteiger partial charge is 0.497 e. The highest BCUT2D eigenvalue weighted by Crippen LogP contribution is 2.31. The average Bonchev–Trinajstić information content (AvgIpc) is 3.17. The van der Waals surface area contributed by atoms with Gasteiger partial charge in [-0.1, -0.05) is 24.3 Å². The Bertz CT molecular complexity index is 1180. The van der Waals surface area contributed by atoms with Crippen LogP contribution in [0.1, 0.15) is 35.3 Å². The third-order valence-corrected chi connectivity index (χ3v) is 5.51. The van der Waals surface area contributed by atoms with E-state index < -0.39 is 5.91 Å². The first kappa shape index (κ1) is 22.2. The molecule has 2 atom stereocenters. The molecule has 2 aliphatic rings. The Morgan fingerprint density at radius 1 is 1.09 bits per heavy atom. The van der Waals surface area contributed by atoms with Crippen LogP contribution in [-0.2, 0) is 9.53 Å². The van der Waals surface area contributed by atoms with Crippen LogP contribution in [0.5, 0.6) is 5.75 Å². The van der Waals surface area contributed by atoms with Crippen molar-refractivity contribution in [3.8, 4) is 11.8 Å². The third-order valence-electron chi connectivity index (χ3n) is 5.51. The average molecular weight is 444 g/mol. The molecule has 0 radical (unpaired) electrons. The Kier molecular flexibility index (Phi) is 6.24. The minimum absolute atomic E-state index is 0.0579. The van der Waals surface area contributed by atoms with Crippen LogP contribution in [0.4, 0.5) is 0 Å². The number of nitriles is 1. The molecular weight excluding hydrogens is 420 g/mol. The lowest BCUT2D eigenvalue weighted by atomic mass is 10.0. The molecule has 168 valence electrons. The monoisotopic (exact) mass is 444 g/mol. The van der Waals surface area contributed by atoms with Crippen molar-refractivity contribution in [3.63, 3.8) is 0 Å². The van der Waals surface area contributed by atoms with E-state index in [9.17, 15) is 14.9 Å². The standard InChI is InChI=1S/C25H24N4O4/c1-15-13-29(14-16(2)33-15)25(31)21(12-26)22-19-6-4-5-7-20(19)23(27-22)28-24(30)17-8-10-18(32-3)11-9-17/h4-11,15-16H,13-14H2,1-3H3,(H,27,28,30)/b22-21-/t15-,16+. The number of ether oxygens (including phenoxy) is 2. The second kappa shape index (κ2) is 9.27. The summed E-state index contributed by atoms with van der Waals surface area (Å²) in [5, 5.41) is 12.7. The van der Waals surface area contributed by atoms with E-state index in [1.54, 1.807) is 54.5 Å². The van der Waals surface area contributed by atoms with Crippen LogP contribution in [0.15, 0.2) is 59.1 Å². The van der Waals surface area contributed by atoms with E-state index in [4.69, 9.17) is 9.47 Å². The SMILES string of the molecule is COc1ccc(C(=O)NC2=N/C(=C(/C#N)C(=O)N3C[C@@H](C)O[C@@H](C)C3)c3ccccc32)cc1. The quantitative estimate of drug-likeness (QED) is 0.579. The summed E-state index contributed by atoms with van der Waals surface area (Å²) >= 11 is 0. The van der Waals surface area contributed by atoms with E-state index in [0.717, 1.165) is 0 Å². The number of amidine groups is 1. The molecule has 8 heteroatoms. The van der Waals surface area contributed by atoms with Gasteiger partial charge in [0.25, 0.3) is 11.8 Å². The maximum absolute atomic E-state index is 13.2. The van der Waals surface area contributed by atoms with Crippen molar-refractivity contribution in [1.82, 2.24) is 10.2 Å². The number of morpholine rings is 1. The van der Waals surface area contributed by atoms with Crippen LogP contribution < -0.4 is 10.1 Å². The van der Waals surface area contributed by atoms with Gasteiger partial charge in [-0.05, 0) is 38.1 Å². The van der Waals surface area contributed by atoms with Gasteiger partial charge in [0.05, 0.1) is 25.0 Å². The van der Waals surface area contributed by atoms with Gasteiger partial charge in [-0.2, -0.15) is 5.26 Å². The Morgan fingerprint density at radius 3 is 2.33 bits per heavy atom. The molecule has 0 aromatic heterocycles. The fourth-order valence-electron chi connectivity index (χ4n) is 4.04. The topological polar surface area (TPSA) is 104 Å². The lowest BCUT2D eigenvalue weighted by Gasteiger charge is -2.35. The van der Waals surface area contributed by atoms with Gasteiger partial charge in [0.15, 0.2) is 0 Å². The molecule has 0 aliphatic carbocycles. The van der Waals surface area contributed by atoms with Crippen LogP contribution in [0, 0.1) is 11.3 Å². The molecule has 33 heavy (non-hydrogen) atoms. The molecule has 2 aromatic carbocycles. The number of methoxy groups -OCH3 is 1. The lowest BCUT2D eigenvalue weighted by Crippen LogP contribution is -2.48. The maximum atomic E-state index is 13.2. The molecule has 4 rings (SSSR count). The fourth-order valence-corrected chi connectivity index (χ4v) is 4.04. The highest BCUT2D eigenvalue weighted by Gasteiger charge is 2.32. The second-order valence-corrected chi connectivity index (χ2v) is 7.99. The van der Waals surface area contributed by atoms with Crippen LogP contribution in [0.2, 0.25) is 0 Å². The van der Waals surface area contributed by atoms with E-state index in [-0.39, 0.29) is 29.4 Å². The molecule has 0 bridgehead atoms. The number of rotatable bonds is 3. The molecule has 2 heterocycles. The predicted molar refractivity (Wildman–Crippen MR) is 123 cm³/mol. The van der Waals surface area contributed by atoms with Gasteiger partial charge in [-0.25, -0.2) is 4.99 Å². The minimum Gasteiger partial charge on any atom is -0.497 e. The van der Waals surface area contributed by atoms with Gasteiger partial charge in [-0.3, -0.25) is 9.59 Å². The first-order valence-corrected chi connectivity index (χ1v) is 10.6. The van der Waals surface area contributed by atoms with Crippen LogP contribution in [0.3, 0.4) is 0 Å². The summed E-state index contributed by atoms with van der Waals surface area (Å²) in [4.78, 5) is 32.2.